The molecule has 142 valence electrons. The van der Waals surface area contributed by atoms with E-state index in [1.54, 1.807) is 24.3 Å². The van der Waals surface area contributed by atoms with Gasteiger partial charge in [-0.05, 0) is 30.3 Å². The van der Waals surface area contributed by atoms with Gasteiger partial charge in [0.1, 0.15) is 5.70 Å². The number of carbonyl (C=O) groups excluding carboxylic acids is 1. The molecule has 0 fully saturated rings. The number of benzene rings is 1. The summed E-state index contributed by atoms with van der Waals surface area (Å²) in [6, 6.07) is 6.56. The highest BCUT2D eigenvalue weighted by molar-refractivity contribution is 6.09. The summed E-state index contributed by atoms with van der Waals surface area (Å²) in [5.74, 6) is 0.998. The Hall–Kier alpha value is -3.75. The molecule has 1 heterocycles. The van der Waals surface area contributed by atoms with E-state index in [4.69, 9.17) is 29.8 Å². The number of nitrogens with one attached hydrogen (secondary N) is 2. The van der Waals surface area contributed by atoms with E-state index >= 15 is 0 Å². The average Bonchev–Trinajstić information content (AvgIpc) is 3.21. The second-order valence-electron chi connectivity index (χ2n) is 5.15. The zero-order valence-electron chi connectivity index (χ0n) is 15.1. The molecule has 2 rings (SSSR count). The van der Waals surface area contributed by atoms with Crippen molar-refractivity contribution in [2.24, 2.45) is 10.8 Å². The number of nitrogens with two attached hydrogens (primary N) is 1. The Labute approximate surface area is 155 Å². The standard InChI is InChI=1S/C18H20N4O5/c1-24-15-7-11(8-16(25-2)17(15)26-3)10-21-22-18(23)13(20)9-12(19)14-5-4-6-27-14/h4-10,19H,20H2,1-3H3,(H,22,23)/b13-9-,19-12?,21-10+. The maximum Gasteiger partial charge on any atom is 0.287 e. The summed E-state index contributed by atoms with van der Waals surface area (Å²) in [5, 5.41) is 11.6. The van der Waals surface area contributed by atoms with Crippen LogP contribution in [0.5, 0.6) is 17.2 Å². The van der Waals surface area contributed by atoms with Gasteiger partial charge in [0.15, 0.2) is 17.3 Å². The maximum absolute atomic E-state index is 12.0. The van der Waals surface area contributed by atoms with Crippen molar-refractivity contribution in [1.29, 1.82) is 5.41 Å². The number of rotatable bonds is 8. The van der Waals surface area contributed by atoms with Crippen molar-refractivity contribution in [1.82, 2.24) is 5.43 Å². The summed E-state index contributed by atoms with van der Waals surface area (Å²) in [7, 11) is 4.50. The second kappa shape index (κ2) is 9.09. The molecule has 1 aromatic heterocycles. The molecule has 4 N–H and O–H groups in total. The highest BCUT2D eigenvalue weighted by Crippen LogP contribution is 2.37. The quantitative estimate of drug-likeness (QED) is 0.367. The minimum atomic E-state index is -0.657. The van der Waals surface area contributed by atoms with Crippen molar-refractivity contribution in [3.63, 3.8) is 0 Å². The van der Waals surface area contributed by atoms with Crippen molar-refractivity contribution in [2.75, 3.05) is 21.3 Å². The molecule has 0 atom stereocenters. The van der Waals surface area contributed by atoms with Crippen molar-refractivity contribution < 1.29 is 23.4 Å². The van der Waals surface area contributed by atoms with E-state index in [2.05, 4.69) is 10.5 Å². The van der Waals surface area contributed by atoms with Crippen LogP contribution in [0.15, 0.2) is 51.8 Å². The fourth-order valence-corrected chi connectivity index (χ4v) is 2.13. The normalized spacial score (nSPS) is 11.3. The Morgan fingerprint density at radius 2 is 1.89 bits per heavy atom. The summed E-state index contributed by atoms with van der Waals surface area (Å²) in [4.78, 5) is 12.0. The predicted octanol–water partition coefficient (Wildman–Crippen LogP) is 1.67. The van der Waals surface area contributed by atoms with Crippen LogP contribution in [0, 0.1) is 5.41 Å². The first-order valence-electron chi connectivity index (χ1n) is 7.73. The zero-order valence-corrected chi connectivity index (χ0v) is 15.1. The third kappa shape index (κ3) is 4.88. The monoisotopic (exact) mass is 372 g/mol. The molecule has 0 aliphatic carbocycles. The van der Waals surface area contributed by atoms with Crippen molar-refractivity contribution >= 4 is 17.8 Å². The Balaban J connectivity index is 2.08. The topological polar surface area (TPSA) is 132 Å². The lowest BCUT2D eigenvalue weighted by molar-refractivity contribution is -0.117. The van der Waals surface area contributed by atoms with Crippen molar-refractivity contribution in [2.45, 2.75) is 0 Å². The Morgan fingerprint density at radius 3 is 2.41 bits per heavy atom. The minimum absolute atomic E-state index is 0.0266. The molecule has 0 saturated carbocycles. The van der Waals surface area contributed by atoms with Crippen LogP contribution in [0.1, 0.15) is 11.3 Å². The maximum atomic E-state index is 12.0. The number of ether oxygens (including phenoxy) is 3. The lowest BCUT2D eigenvalue weighted by Crippen LogP contribution is -2.25. The van der Waals surface area contributed by atoms with E-state index in [-0.39, 0.29) is 11.4 Å². The van der Waals surface area contributed by atoms with Gasteiger partial charge in [-0.3, -0.25) is 10.2 Å². The molecule has 9 heteroatoms. The van der Waals surface area contributed by atoms with Crippen LogP contribution in [-0.2, 0) is 4.79 Å². The number of hydrazone groups is 1. The molecule has 1 aromatic carbocycles. The van der Waals surface area contributed by atoms with Gasteiger partial charge in [0.25, 0.3) is 5.91 Å². The molecule has 0 spiro atoms. The molecule has 9 nitrogen and oxygen atoms in total. The van der Waals surface area contributed by atoms with E-state index in [9.17, 15) is 4.79 Å². The van der Waals surface area contributed by atoms with Crippen LogP contribution in [0.2, 0.25) is 0 Å². The Morgan fingerprint density at radius 1 is 1.22 bits per heavy atom. The van der Waals surface area contributed by atoms with Gasteiger partial charge in [0.05, 0.1) is 39.5 Å². The molecular formula is C18H20N4O5. The smallest absolute Gasteiger partial charge is 0.287 e. The number of amides is 1. The fraction of sp³-hybridized carbons (Fsp3) is 0.167. The van der Waals surface area contributed by atoms with Gasteiger partial charge in [-0.15, -0.1) is 0 Å². The fourth-order valence-electron chi connectivity index (χ4n) is 2.13. The van der Waals surface area contributed by atoms with Gasteiger partial charge in [-0.25, -0.2) is 5.43 Å². The summed E-state index contributed by atoms with van der Waals surface area (Å²) in [6.45, 7) is 0. The molecule has 0 aliphatic heterocycles. The third-order valence-electron chi connectivity index (χ3n) is 3.42. The number of allylic oxidation sites excluding steroid dienone is 1. The van der Waals surface area contributed by atoms with Crippen molar-refractivity contribution in [3.8, 4) is 17.2 Å². The number of methoxy groups -OCH3 is 3. The van der Waals surface area contributed by atoms with E-state index < -0.39 is 5.91 Å². The van der Waals surface area contributed by atoms with E-state index in [0.29, 0.717) is 28.6 Å². The number of hydrogen-bond donors (Lipinski definition) is 3. The van der Waals surface area contributed by atoms with Gasteiger partial charge in [0.2, 0.25) is 5.75 Å². The van der Waals surface area contributed by atoms with Gasteiger partial charge in [-0.1, -0.05) is 0 Å². The van der Waals surface area contributed by atoms with Crippen LogP contribution in [0.25, 0.3) is 0 Å². The summed E-state index contributed by atoms with van der Waals surface area (Å²) < 4.78 is 20.8. The molecule has 0 radical (unpaired) electrons. The first kappa shape index (κ1) is 19.6. The number of furan rings is 1. The molecule has 0 bridgehead atoms. The van der Waals surface area contributed by atoms with E-state index in [1.807, 2.05) is 0 Å². The van der Waals surface area contributed by atoms with Crippen LogP contribution in [-0.4, -0.2) is 39.2 Å². The minimum Gasteiger partial charge on any atom is -0.493 e. The Kier molecular flexibility index (Phi) is 6.59. The van der Waals surface area contributed by atoms with Gasteiger partial charge >= 0.3 is 0 Å². The molecule has 27 heavy (non-hydrogen) atoms. The predicted molar refractivity (Wildman–Crippen MR) is 99.6 cm³/mol. The van der Waals surface area contributed by atoms with Crippen molar-refractivity contribution in [3.05, 3.63) is 53.6 Å². The number of nitrogens with zero attached hydrogens (tertiary/aromatic N) is 1. The lowest BCUT2D eigenvalue weighted by Gasteiger charge is -2.12. The Bertz CT molecular complexity index is 847. The highest BCUT2D eigenvalue weighted by Gasteiger charge is 2.12. The highest BCUT2D eigenvalue weighted by atomic mass is 16.5. The largest absolute Gasteiger partial charge is 0.493 e. The zero-order chi connectivity index (χ0) is 19.8. The second-order valence-corrected chi connectivity index (χ2v) is 5.15. The molecule has 0 unspecified atom stereocenters. The molecular weight excluding hydrogens is 352 g/mol. The van der Waals surface area contributed by atoms with Gasteiger partial charge in [0, 0.05) is 5.56 Å². The molecule has 1 amide bonds. The molecule has 2 aromatic rings. The first-order chi connectivity index (χ1) is 13.0. The third-order valence-corrected chi connectivity index (χ3v) is 3.42. The number of carbonyl (C=O) groups is 1. The van der Waals surface area contributed by atoms with Crippen LogP contribution in [0.3, 0.4) is 0 Å². The van der Waals surface area contributed by atoms with Crippen LogP contribution < -0.4 is 25.4 Å². The van der Waals surface area contributed by atoms with E-state index in [0.717, 1.165) is 0 Å². The van der Waals surface area contributed by atoms with E-state index in [1.165, 1.54) is 39.9 Å². The SMILES string of the molecule is COc1cc(/C=N/NC(=O)/C(N)=C/C(=N)c2ccco2)cc(OC)c1OC. The number of hydrogen-bond acceptors (Lipinski definition) is 8. The summed E-state index contributed by atoms with van der Waals surface area (Å²) in [5.41, 5.74) is 8.35. The first-order valence-corrected chi connectivity index (χ1v) is 7.73. The molecule has 0 aliphatic rings. The van der Waals surface area contributed by atoms with Crippen LogP contribution in [0.4, 0.5) is 0 Å². The lowest BCUT2D eigenvalue weighted by atomic mass is 10.2. The van der Waals surface area contributed by atoms with Gasteiger partial charge < -0.3 is 24.4 Å². The average molecular weight is 372 g/mol. The summed E-state index contributed by atoms with van der Waals surface area (Å²) in [6.07, 6.45) is 4.01. The molecule has 0 saturated heterocycles. The van der Waals surface area contributed by atoms with Gasteiger partial charge in [-0.2, -0.15) is 5.10 Å². The van der Waals surface area contributed by atoms with Crippen LogP contribution >= 0.6 is 0 Å². The summed E-state index contributed by atoms with van der Waals surface area (Å²) >= 11 is 0.